The second-order valence-electron chi connectivity index (χ2n) is 8.18. The molecule has 0 aliphatic heterocycles. The molecule has 5 aromatic rings. The summed E-state index contributed by atoms with van der Waals surface area (Å²) in [7, 11) is 0. The van der Waals surface area contributed by atoms with Gasteiger partial charge >= 0.3 is 6.18 Å². The number of benzene rings is 4. The molecule has 0 unspecified atom stereocenters. The lowest BCUT2D eigenvalue weighted by atomic mass is 9.90. The summed E-state index contributed by atoms with van der Waals surface area (Å²) < 4.78 is 40.8. The highest BCUT2D eigenvalue weighted by molar-refractivity contribution is 6.18. The van der Waals surface area contributed by atoms with Crippen molar-refractivity contribution in [2.24, 2.45) is 0 Å². The molecule has 4 heteroatoms. The van der Waals surface area contributed by atoms with E-state index < -0.39 is 11.7 Å². The van der Waals surface area contributed by atoms with Crippen LogP contribution in [-0.2, 0) is 6.18 Å². The first kappa shape index (κ1) is 20.3. The Bertz CT molecular complexity index is 1450. The van der Waals surface area contributed by atoms with E-state index in [1.165, 1.54) is 6.07 Å². The van der Waals surface area contributed by atoms with E-state index in [0.29, 0.717) is 5.39 Å². The fourth-order valence-electron chi connectivity index (χ4n) is 4.46. The molecule has 0 radical (unpaired) electrons. The number of pyridine rings is 1. The third-order valence-corrected chi connectivity index (χ3v) is 5.77. The molecule has 0 saturated heterocycles. The van der Waals surface area contributed by atoms with Gasteiger partial charge in [-0.05, 0) is 77.5 Å². The smallest absolute Gasteiger partial charge is 0.256 e. The number of hydrogen-bond acceptors (Lipinski definition) is 1. The quantitative estimate of drug-likeness (QED) is 0.258. The first-order chi connectivity index (χ1) is 15.3. The van der Waals surface area contributed by atoms with Crippen molar-refractivity contribution in [1.29, 1.82) is 0 Å². The molecule has 0 aliphatic rings. The predicted octanol–water partition coefficient (Wildman–Crippen LogP) is 8.36. The van der Waals surface area contributed by atoms with Crippen LogP contribution in [0.25, 0.3) is 43.9 Å². The van der Waals surface area contributed by atoms with E-state index in [0.717, 1.165) is 55.7 Å². The first-order valence-electron chi connectivity index (χ1n) is 10.4. The van der Waals surface area contributed by atoms with Gasteiger partial charge < -0.3 is 0 Å². The molecule has 0 atom stereocenters. The van der Waals surface area contributed by atoms with Crippen molar-refractivity contribution >= 4 is 21.5 Å². The normalized spacial score (nSPS) is 11.9. The zero-order valence-corrected chi connectivity index (χ0v) is 17.7. The zero-order chi connectivity index (χ0) is 22.5. The van der Waals surface area contributed by atoms with Crippen molar-refractivity contribution in [3.63, 3.8) is 0 Å². The van der Waals surface area contributed by atoms with E-state index >= 15 is 0 Å². The third kappa shape index (κ3) is 3.52. The van der Waals surface area contributed by atoms with Crippen LogP contribution in [0.15, 0.2) is 85.1 Å². The molecule has 0 amide bonds. The number of rotatable bonds is 2. The van der Waals surface area contributed by atoms with Gasteiger partial charge in [0.2, 0.25) is 0 Å². The summed E-state index contributed by atoms with van der Waals surface area (Å²) in [6.07, 6.45) is -2.65. The van der Waals surface area contributed by atoms with E-state index in [-0.39, 0.29) is 0 Å². The maximum atomic E-state index is 13.6. The minimum atomic E-state index is -4.41. The molecule has 0 fully saturated rings. The lowest BCUT2D eigenvalue weighted by molar-refractivity contribution is -0.137. The van der Waals surface area contributed by atoms with Crippen LogP contribution >= 0.6 is 0 Å². The molecule has 0 saturated carbocycles. The summed E-state index contributed by atoms with van der Waals surface area (Å²) in [5, 5.41) is 3.13. The summed E-state index contributed by atoms with van der Waals surface area (Å²) in [6.45, 7) is 4.06. The van der Waals surface area contributed by atoms with Gasteiger partial charge in [-0.25, -0.2) is 0 Å². The second-order valence-corrected chi connectivity index (χ2v) is 8.18. The van der Waals surface area contributed by atoms with Gasteiger partial charge in [-0.15, -0.1) is 0 Å². The Hall–Kier alpha value is -3.66. The topological polar surface area (TPSA) is 12.9 Å². The molecule has 0 bridgehead atoms. The van der Waals surface area contributed by atoms with Gasteiger partial charge in [0.1, 0.15) is 0 Å². The van der Waals surface area contributed by atoms with E-state index in [1.54, 1.807) is 12.3 Å². The minimum absolute atomic E-state index is 0.567. The van der Waals surface area contributed by atoms with Crippen molar-refractivity contribution in [2.75, 3.05) is 0 Å². The zero-order valence-electron chi connectivity index (χ0n) is 17.7. The Balaban J connectivity index is 1.92. The largest absolute Gasteiger partial charge is 0.416 e. The van der Waals surface area contributed by atoms with Gasteiger partial charge in [0.05, 0.1) is 11.3 Å². The molecule has 32 heavy (non-hydrogen) atoms. The third-order valence-electron chi connectivity index (χ3n) is 5.77. The van der Waals surface area contributed by atoms with Crippen LogP contribution in [0.3, 0.4) is 0 Å². The van der Waals surface area contributed by atoms with Crippen LogP contribution in [0.4, 0.5) is 13.2 Å². The van der Waals surface area contributed by atoms with E-state index in [4.69, 9.17) is 0 Å². The molecule has 4 aromatic carbocycles. The number of fused-ring (bicyclic) bond motifs is 3. The summed E-state index contributed by atoms with van der Waals surface area (Å²) in [4.78, 5) is 4.66. The van der Waals surface area contributed by atoms with Crippen LogP contribution in [0.2, 0.25) is 0 Å². The molecule has 1 aromatic heterocycles. The monoisotopic (exact) mass is 427 g/mol. The maximum absolute atomic E-state index is 13.6. The van der Waals surface area contributed by atoms with Crippen molar-refractivity contribution < 1.29 is 13.2 Å². The Kier molecular flexibility index (Phi) is 4.74. The Morgan fingerprint density at radius 1 is 0.688 bits per heavy atom. The number of alkyl halides is 3. The van der Waals surface area contributed by atoms with Gasteiger partial charge in [-0.2, -0.15) is 13.2 Å². The Morgan fingerprint density at radius 3 is 2.09 bits per heavy atom. The SMILES string of the molecule is Cc1cc(C)cc(-c2nccc3cc(-c4ccccc4)c4cc(C(F)(F)F)ccc4c23)c1. The van der Waals surface area contributed by atoms with E-state index in [1.807, 2.05) is 56.3 Å². The van der Waals surface area contributed by atoms with Crippen LogP contribution in [0.1, 0.15) is 16.7 Å². The standard InChI is InChI=1S/C28H20F3N/c1-17-12-18(2)14-21(13-17)27-26-20(10-11-32-27)15-24(19-6-4-3-5-7-19)25-16-22(28(29,30)31)8-9-23(25)26/h3-16H,1-2H3. The van der Waals surface area contributed by atoms with Gasteiger partial charge in [0.25, 0.3) is 0 Å². The predicted molar refractivity (Wildman–Crippen MR) is 125 cm³/mol. The van der Waals surface area contributed by atoms with Gasteiger partial charge in [-0.3, -0.25) is 4.98 Å². The highest BCUT2D eigenvalue weighted by Gasteiger charge is 2.31. The van der Waals surface area contributed by atoms with Gasteiger partial charge in [-0.1, -0.05) is 53.6 Å². The molecule has 1 heterocycles. The van der Waals surface area contributed by atoms with Crippen LogP contribution in [0.5, 0.6) is 0 Å². The summed E-state index contributed by atoms with van der Waals surface area (Å²) in [5.74, 6) is 0. The average molecular weight is 427 g/mol. The molecule has 0 N–H and O–H groups in total. The van der Waals surface area contributed by atoms with Crippen LogP contribution in [0, 0.1) is 13.8 Å². The average Bonchev–Trinajstić information content (AvgIpc) is 2.77. The van der Waals surface area contributed by atoms with Gasteiger partial charge in [0.15, 0.2) is 0 Å². The molecule has 0 spiro atoms. The first-order valence-corrected chi connectivity index (χ1v) is 10.4. The molecular weight excluding hydrogens is 407 g/mol. The Labute approximate surface area is 184 Å². The fourth-order valence-corrected chi connectivity index (χ4v) is 4.46. The highest BCUT2D eigenvalue weighted by Crippen LogP contribution is 2.41. The summed E-state index contributed by atoms with van der Waals surface area (Å²) in [6, 6.07) is 23.7. The Morgan fingerprint density at radius 2 is 1.41 bits per heavy atom. The van der Waals surface area contributed by atoms with Crippen LogP contribution in [-0.4, -0.2) is 4.98 Å². The molecule has 0 aliphatic carbocycles. The van der Waals surface area contributed by atoms with Crippen LogP contribution < -0.4 is 0 Å². The summed E-state index contributed by atoms with van der Waals surface area (Å²) in [5.41, 5.74) is 4.96. The number of aryl methyl sites for hydroxylation is 2. The second kappa shape index (κ2) is 7.49. The van der Waals surface area contributed by atoms with Crippen molar-refractivity contribution in [2.45, 2.75) is 20.0 Å². The number of halogens is 3. The number of aromatic nitrogens is 1. The molecule has 158 valence electrons. The van der Waals surface area contributed by atoms with Gasteiger partial charge in [0, 0.05) is 17.1 Å². The lowest BCUT2D eigenvalue weighted by Crippen LogP contribution is -2.04. The van der Waals surface area contributed by atoms with E-state index in [2.05, 4.69) is 23.2 Å². The summed E-state index contributed by atoms with van der Waals surface area (Å²) >= 11 is 0. The minimum Gasteiger partial charge on any atom is -0.256 e. The maximum Gasteiger partial charge on any atom is 0.416 e. The van der Waals surface area contributed by atoms with Crippen molar-refractivity contribution in [3.8, 4) is 22.4 Å². The lowest BCUT2D eigenvalue weighted by Gasteiger charge is -2.16. The van der Waals surface area contributed by atoms with Crippen molar-refractivity contribution in [3.05, 3.63) is 102 Å². The molecule has 5 rings (SSSR count). The highest BCUT2D eigenvalue weighted by atomic mass is 19.4. The molecular formula is C28H20F3N. The molecule has 1 nitrogen and oxygen atoms in total. The van der Waals surface area contributed by atoms with Crippen molar-refractivity contribution in [1.82, 2.24) is 4.98 Å². The number of hydrogen-bond donors (Lipinski definition) is 0. The number of nitrogens with zero attached hydrogens (tertiary/aromatic N) is 1. The van der Waals surface area contributed by atoms with E-state index in [9.17, 15) is 13.2 Å². The fraction of sp³-hybridized carbons (Fsp3) is 0.107.